The fraction of sp³-hybridized carbons (Fsp3) is 1.00. The van der Waals surface area contributed by atoms with Gasteiger partial charge in [-0.15, -0.1) is 0 Å². The number of morpholine rings is 1. The summed E-state index contributed by atoms with van der Waals surface area (Å²) in [5, 5.41) is 8.63. The fourth-order valence-corrected chi connectivity index (χ4v) is 3.58. The highest BCUT2D eigenvalue weighted by Crippen LogP contribution is 2.15. The van der Waals surface area contributed by atoms with Crippen molar-refractivity contribution >= 4 is 10.0 Å². The third-order valence-corrected chi connectivity index (χ3v) is 4.48. The highest BCUT2D eigenvalue weighted by molar-refractivity contribution is 7.89. The Morgan fingerprint density at radius 2 is 1.81 bits per heavy atom. The Morgan fingerprint density at radius 3 is 2.31 bits per heavy atom. The third kappa shape index (κ3) is 4.01. The van der Waals surface area contributed by atoms with E-state index in [-0.39, 0.29) is 24.6 Å². The summed E-state index contributed by atoms with van der Waals surface area (Å²) in [4.78, 5) is 0. The molecule has 16 heavy (non-hydrogen) atoms. The molecule has 2 atom stereocenters. The van der Waals surface area contributed by atoms with Gasteiger partial charge in [0.1, 0.15) is 0 Å². The van der Waals surface area contributed by atoms with Crippen molar-refractivity contribution in [2.24, 2.45) is 0 Å². The summed E-state index contributed by atoms with van der Waals surface area (Å²) in [6, 6.07) is 0. The minimum Gasteiger partial charge on any atom is -0.396 e. The lowest BCUT2D eigenvalue weighted by Gasteiger charge is -2.34. The number of hydrogen-bond acceptors (Lipinski definition) is 4. The van der Waals surface area contributed by atoms with Crippen LogP contribution in [0.1, 0.15) is 26.7 Å². The molecule has 0 aromatic carbocycles. The molecule has 0 radical (unpaired) electrons. The molecule has 6 heteroatoms. The second-order valence-electron chi connectivity index (χ2n) is 4.32. The molecule has 2 unspecified atom stereocenters. The molecule has 0 aliphatic carbocycles. The number of aliphatic hydroxyl groups is 1. The Kier molecular flexibility index (Phi) is 5.17. The van der Waals surface area contributed by atoms with Gasteiger partial charge < -0.3 is 9.84 Å². The van der Waals surface area contributed by atoms with Crippen LogP contribution in [0.3, 0.4) is 0 Å². The molecule has 0 spiro atoms. The summed E-state index contributed by atoms with van der Waals surface area (Å²) in [5.74, 6) is 0.118. The molecule has 1 aliphatic rings. The topological polar surface area (TPSA) is 66.8 Å². The Bertz CT molecular complexity index is 294. The lowest BCUT2D eigenvalue weighted by atomic mass is 10.3. The third-order valence-electron chi connectivity index (χ3n) is 2.59. The van der Waals surface area contributed by atoms with Crippen molar-refractivity contribution in [3.63, 3.8) is 0 Å². The van der Waals surface area contributed by atoms with Gasteiger partial charge in [-0.1, -0.05) is 0 Å². The molecule has 0 bridgehead atoms. The van der Waals surface area contributed by atoms with Crippen LogP contribution in [0.25, 0.3) is 0 Å². The molecule has 0 saturated carbocycles. The molecule has 1 saturated heterocycles. The maximum Gasteiger partial charge on any atom is 0.214 e. The number of ether oxygens (including phenoxy) is 1. The van der Waals surface area contributed by atoms with Crippen molar-refractivity contribution < 1.29 is 18.3 Å². The largest absolute Gasteiger partial charge is 0.396 e. The van der Waals surface area contributed by atoms with Crippen LogP contribution in [0, 0.1) is 0 Å². The van der Waals surface area contributed by atoms with E-state index in [4.69, 9.17) is 9.84 Å². The summed E-state index contributed by atoms with van der Waals surface area (Å²) < 4.78 is 30.9. The van der Waals surface area contributed by atoms with E-state index in [9.17, 15) is 8.42 Å². The fourth-order valence-electron chi connectivity index (χ4n) is 1.88. The highest BCUT2D eigenvalue weighted by atomic mass is 32.2. The van der Waals surface area contributed by atoms with Crippen molar-refractivity contribution in [2.45, 2.75) is 38.9 Å². The first-order valence-corrected chi connectivity index (χ1v) is 7.31. The van der Waals surface area contributed by atoms with E-state index in [2.05, 4.69) is 0 Å². The molecule has 1 heterocycles. The number of rotatable bonds is 5. The van der Waals surface area contributed by atoms with Gasteiger partial charge in [0.05, 0.1) is 18.0 Å². The van der Waals surface area contributed by atoms with Gasteiger partial charge in [-0.3, -0.25) is 0 Å². The van der Waals surface area contributed by atoms with Crippen molar-refractivity contribution in [1.82, 2.24) is 4.31 Å². The van der Waals surface area contributed by atoms with Crippen LogP contribution in [-0.2, 0) is 14.8 Å². The molecule has 0 amide bonds. The first kappa shape index (κ1) is 13.9. The van der Waals surface area contributed by atoms with Gasteiger partial charge in [0.2, 0.25) is 10.0 Å². The zero-order chi connectivity index (χ0) is 12.2. The molecule has 1 aliphatic heterocycles. The van der Waals surface area contributed by atoms with Crippen molar-refractivity contribution in [3.8, 4) is 0 Å². The zero-order valence-corrected chi connectivity index (χ0v) is 10.7. The number of unbranched alkanes of at least 4 members (excludes halogenated alkanes) is 1. The summed E-state index contributed by atoms with van der Waals surface area (Å²) in [7, 11) is -3.18. The maximum absolute atomic E-state index is 11.9. The summed E-state index contributed by atoms with van der Waals surface area (Å²) in [5.41, 5.74) is 0. The molecule has 1 fully saturated rings. The average Bonchev–Trinajstić information content (AvgIpc) is 2.16. The van der Waals surface area contributed by atoms with Crippen LogP contribution in [0.2, 0.25) is 0 Å². The van der Waals surface area contributed by atoms with E-state index >= 15 is 0 Å². The number of hydrogen-bond donors (Lipinski definition) is 1. The number of sulfonamides is 1. The summed E-state index contributed by atoms with van der Waals surface area (Å²) in [6.07, 6.45) is 0.959. The van der Waals surface area contributed by atoms with Crippen LogP contribution in [-0.4, -0.2) is 55.5 Å². The number of aliphatic hydroxyl groups excluding tert-OH is 1. The quantitative estimate of drug-likeness (QED) is 0.709. The van der Waals surface area contributed by atoms with Crippen molar-refractivity contribution in [2.75, 3.05) is 25.4 Å². The second-order valence-corrected chi connectivity index (χ2v) is 6.41. The molecular weight excluding hydrogens is 230 g/mol. The minimum atomic E-state index is -3.18. The zero-order valence-electron chi connectivity index (χ0n) is 9.92. The number of nitrogens with zero attached hydrogens (tertiary/aromatic N) is 1. The summed E-state index contributed by atoms with van der Waals surface area (Å²) in [6.45, 7) is 4.68. The first-order valence-electron chi connectivity index (χ1n) is 5.70. The normalized spacial score (nSPS) is 28.2. The van der Waals surface area contributed by atoms with E-state index in [0.717, 1.165) is 0 Å². The van der Waals surface area contributed by atoms with E-state index in [1.807, 2.05) is 13.8 Å². The molecule has 96 valence electrons. The van der Waals surface area contributed by atoms with Gasteiger partial charge in [0.15, 0.2) is 0 Å². The molecular formula is C10H21NO4S. The summed E-state index contributed by atoms with van der Waals surface area (Å²) >= 11 is 0. The molecule has 0 aromatic heterocycles. The predicted molar refractivity (Wildman–Crippen MR) is 61.7 cm³/mol. The first-order chi connectivity index (χ1) is 7.45. The van der Waals surface area contributed by atoms with Gasteiger partial charge in [-0.2, -0.15) is 4.31 Å². The van der Waals surface area contributed by atoms with Crippen LogP contribution in [0.5, 0.6) is 0 Å². The Morgan fingerprint density at radius 1 is 1.25 bits per heavy atom. The molecule has 0 aromatic rings. The highest BCUT2D eigenvalue weighted by Gasteiger charge is 2.30. The van der Waals surface area contributed by atoms with Crippen LogP contribution < -0.4 is 0 Å². The van der Waals surface area contributed by atoms with Gasteiger partial charge in [-0.05, 0) is 26.7 Å². The van der Waals surface area contributed by atoms with Gasteiger partial charge in [-0.25, -0.2) is 8.42 Å². The Hall–Kier alpha value is -0.170. The predicted octanol–water partition coefficient (Wildman–Crippen LogP) is 0.198. The van der Waals surface area contributed by atoms with E-state index in [0.29, 0.717) is 25.9 Å². The van der Waals surface area contributed by atoms with Crippen molar-refractivity contribution in [1.29, 1.82) is 0 Å². The van der Waals surface area contributed by atoms with E-state index in [1.54, 1.807) is 0 Å². The van der Waals surface area contributed by atoms with E-state index < -0.39 is 10.0 Å². The van der Waals surface area contributed by atoms with Gasteiger partial charge >= 0.3 is 0 Å². The standard InChI is InChI=1S/C10H21NO4S/c1-9-7-11(8-10(2)15-9)16(13,14)6-4-3-5-12/h9-10,12H,3-8H2,1-2H3. The molecule has 1 N–H and O–H groups in total. The Balaban J connectivity index is 2.53. The van der Waals surface area contributed by atoms with Crippen LogP contribution in [0.4, 0.5) is 0 Å². The van der Waals surface area contributed by atoms with Crippen LogP contribution in [0.15, 0.2) is 0 Å². The second kappa shape index (κ2) is 5.95. The lowest BCUT2D eigenvalue weighted by Crippen LogP contribution is -2.48. The average molecular weight is 251 g/mol. The lowest BCUT2D eigenvalue weighted by molar-refractivity contribution is -0.0440. The minimum absolute atomic E-state index is 0.0450. The SMILES string of the molecule is CC1CN(S(=O)(=O)CCCCO)CC(C)O1. The molecule has 5 nitrogen and oxygen atoms in total. The van der Waals surface area contributed by atoms with Crippen molar-refractivity contribution in [3.05, 3.63) is 0 Å². The van der Waals surface area contributed by atoms with Gasteiger partial charge in [0.25, 0.3) is 0 Å². The monoisotopic (exact) mass is 251 g/mol. The van der Waals surface area contributed by atoms with Crippen LogP contribution >= 0.6 is 0 Å². The van der Waals surface area contributed by atoms with E-state index in [1.165, 1.54) is 4.31 Å². The molecule has 1 rings (SSSR count). The Labute approximate surface area is 97.4 Å². The van der Waals surface area contributed by atoms with Gasteiger partial charge in [0, 0.05) is 19.7 Å². The smallest absolute Gasteiger partial charge is 0.214 e. The maximum atomic E-state index is 11.9.